The van der Waals surface area contributed by atoms with Crippen molar-refractivity contribution < 1.29 is 9.59 Å². The highest BCUT2D eigenvalue weighted by molar-refractivity contribution is 6.00. The van der Waals surface area contributed by atoms with Crippen molar-refractivity contribution in [1.29, 1.82) is 0 Å². The Morgan fingerprint density at radius 1 is 0.688 bits per heavy atom. The largest absolute Gasteiger partial charge is 0.370 e. The zero-order chi connectivity index (χ0) is 24.1. The van der Waals surface area contributed by atoms with Gasteiger partial charge in [0.15, 0.2) is 11.9 Å². The second-order valence-corrected chi connectivity index (χ2v) is 7.70. The van der Waals surface area contributed by atoms with Gasteiger partial charge in [0.1, 0.15) is 0 Å². The highest BCUT2D eigenvalue weighted by Gasteiger charge is 2.12. The third-order valence-electron chi connectivity index (χ3n) is 3.89. The minimum Gasteiger partial charge on any atom is -0.370 e. The van der Waals surface area contributed by atoms with Crippen molar-refractivity contribution >= 4 is 35.9 Å². The molecule has 0 spiro atoms. The van der Waals surface area contributed by atoms with E-state index in [4.69, 9.17) is 22.9 Å². The first-order chi connectivity index (χ1) is 15.0. The van der Waals surface area contributed by atoms with Gasteiger partial charge in [-0.15, -0.1) is 0 Å². The molecule has 0 bridgehead atoms. The Morgan fingerprint density at radius 3 is 1.47 bits per heavy atom. The van der Waals surface area contributed by atoms with E-state index >= 15 is 0 Å². The molecule has 0 fully saturated rings. The molecular weight excluding hydrogens is 404 g/mol. The molecular formula is C24H30N6O2. The van der Waals surface area contributed by atoms with Gasteiger partial charge in [0, 0.05) is 12.2 Å². The Balaban J connectivity index is 0.000000330. The summed E-state index contributed by atoms with van der Waals surface area (Å²) in [6.07, 6.45) is 5.98. The van der Waals surface area contributed by atoms with Gasteiger partial charge in [0.05, 0.1) is 0 Å². The Bertz CT molecular complexity index is 1010. The van der Waals surface area contributed by atoms with Crippen molar-refractivity contribution in [2.75, 3.05) is 0 Å². The van der Waals surface area contributed by atoms with Crippen molar-refractivity contribution in [3.8, 4) is 0 Å². The molecule has 0 unspecified atom stereocenters. The molecule has 8 nitrogen and oxygen atoms in total. The van der Waals surface area contributed by atoms with Crippen LogP contribution < -0.4 is 22.9 Å². The van der Waals surface area contributed by atoms with Crippen LogP contribution in [0.5, 0.6) is 0 Å². The predicted octanol–water partition coefficient (Wildman–Crippen LogP) is 2.30. The fourth-order valence-corrected chi connectivity index (χ4v) is 2.32. The van der Waals surface area contributed by atoms with Crippen LogP contribution in [0.15, 0.2) is 76.7 Å². The number of guanidine groups is 2. The van der Waals surface area contributed by atoms with Gasteiger partial charge in [0.2, 0.25) is 0 Å². The number of nitrogens with two attached hydrogens (primary N) is 4. The number of carbonyl (C=O) groups excluding carboxylic acids is 2. The first kappa shape index (κ1) is 25.8. The fraction of sp³-hybridized carbons (Fsp3) is 0.167. The van der Waals surface area contributed by atoms with Crippen LogP contribution in [0.25, 0.3) is 12.2 Å². The molecule has 2 aromatic rings. The highest BCUT2D eigenvalue weighted by atomic mass is 16.1. The lowest BCUT2D eigenvalue weighted by Gasteiger charge is -2.18. The summed E-state index contributed by atoms with van der Waals surface area (Å²) in [6, 6.07) is 17.4. The molecule has 0 aliphatic carbocycles. The minimum absolute atomic E-state index is 0.121. The van der Waals surface area contributed by atoms with Crippen molar-refractivity contribution in [2.45, 2.75) is 26.2 Å². The number of carbonyl (C=O) groups is 2. The van der Waals surface area contributed by atoms with E-state index in [0.717, 1.165) is 11.1 Å². The van der Waals surface area contributed by atoms with Crippen LogP contribution in [0.4, 0.5) is 0 Å². The molecule has 2 rings (SSSR count). The molecule has 8 heteroatoms. The predicted molar refractivity (Wildman–Crippen MR) is 131 cm³/mol. The number of aliphatic imine (C=N–C) groups is 2. The lowest BCUT2D eigenvalue weighted by Crippen LogP contribution is -2.23. The second kappa shape index (κ2) is 12.5. The van der Waals surface area contributed by atoms with E-state index in [9.17, 15) is 9.59 Å². The maximum absolute atomic E-state index is 11.2. The standard InChI is InChI=1S/C14H19N3O.C10H11N3O/c1-14(2,3)11-7-4-10(5-8-11)6-9-12(18)17-13(15)16;11-10(12)13-9(14)7-6-8-4-2-1-3-5-8/h4-9H,1-3H3,(H4,15,16,17,18);1-7H,(H4,11,12,13,14). The van der Waals surface area contributed by atoms with Crippen molar-refractivity contribution in [1.82, 2.24) is 0 Å². The smallest absolute Gasteiger partial charge is 0.272 e. The Labute approximate surface area is 188 Å². The molecule has 2 amide bonds. The molecule has 0 aliphatic rings. The Morgan fingerprint density at radius 2 is 1.09 bits per heavy atom. The number of nitrogens with zero attached hydrogens (tertiary/aromatic N) is 2. The van der Waals surface area contributed by atoms with Crippen LogP contribution in [0.1, 0.15) is 37.5 Å². The third kappa shape index (κ3) is 11.1. The Hall–Kier alpha value is -4.20. The zero-order valence-electron chi connectivity index (χ0n) is 18.5. The molecule has 0 atom stereocenters. The number of hydrogen-bond donors (Lipinski definition) is 4. The average Bonchev–Trinajstić information content (AvgIpc) is 2.71. The SMILES string of the molecule is CC(C)(C)c1ccc(C=CC(=O)N=C(N)N)cc1.NC(N)=NC(=O)C=Cc1ccccc1. The quantitative estimate of drug-likeness (QED) is 0.328. The van der Waals surface area contributed by atoms with Crippen LogP contribution in [0, 0.1) is 0 Å². The fourth-order valence-electron chi connectivity index (χ4n) is 2.32. The van der Waals surface area contributed by atoms with Gasteiger partial charge in [-0.2, -0.15) is 9.98 Å². The molecule has 0 aliphatic heterocycles. The number of amides is 2. The Kier molecular flexibility index (Phi) is 10.1. The minimum atomic E-state index is -0.464. The molecule has 0 saturated carbocycles. The van der Waals surface area contributed by atoms with E-state index in [2.05, 4.69) is 30.8 Å². The summed E-state index contributed by atoms with van der Waals surface area (Å²) in [5, 5.41) is 0. The lowest BCUT2D eigenvalue weighted by atomic mass is 9.87. The molecule has 32 heavy (non-hydrogen) atoms. The van der Waals surface area contributed by atoms with E-state index in [1.54, 1.807) is 12.2 Å². The van der Waals surface area contributed by atoms with Gasteiger partial charge in [-0.25, -0.2) is 0 Å². The van der Waals surface area contributed by atoms with Gasteiger partial charge in [-0.05, 0) is 34.3 Å². The van der Waals surface area contributed by atoms with Gasteiger partial charge in [-0.1, -0.05) is 75.4 Å². The normalized spacial score (nSPS) is 10.8. The summed E-state index contributed by atoms with van der Waals surface area (Å²) in [5.74, 6) is -1.39. The molecule has 0 saturated heterocycles. The number of hydrogen-bond acceptors (Lipinski definition) is 2. The van der Waals surface area contributed by atoms with E-state index in [1.165, 1.54) is 17.7 Å². The zero-order valence-corrected chi connectivity index (χ0v) is 18.5. The van der Waals surface area contributed by atoms with Crippen molar-refractivity contribution in [3.63, 3.8) is 0 Å². The van der Waals surface area contributed by atoms with E-state index < -0.39 is 11.8 Å². The van der Waals surface area contributed by atoms with Gasteiger partial charge in [0.25, 0.3) is 11.8 Å². The second-order valence-electron chi connectivity index (χ2n) is 7.70. The van der Waals surface area contributed by atoms with Crippen LogP contribution in [0.2, 0.25) is 0 Å². The van der Waals surface area contributed by atoms with Crippen LogP contribution in [-0.2, 0) is 15.0 Å². The van der Waals surface area contributed by atoms with Crippen molar-refractivity contribution in [2.24, 2.45) is 32.9 Å². The summed E-state index contributed by atoms with van der Waals surface area (Å²) >= 11 is 0. The van der Waals surface area contributed by atoms with Crippen LogP contribution >= 0.6 is 0 Å². The van der Waals surface area contributed by atoms with Crippen molar-refractivity contribution in [3.05, 3.63) is 83.4 Å². The summed E-state index contributed by atoms with van der Waals surface area (Å²) in [5.41, 5.74) is 23.5. The maximum atomic E-state index is 11.2. The molecule has 0 heterocycles. The lowest BCUT2D eigenvalue weighted by molar-refractivity contribution is -0.114. The summed E-state index contributed by atoms with van der Waals surface area (Å²) in [6.45, 7) is 6.46. The highest BCUT2D eigenvalue weighted by Crippen LogP contribution is 2.22. The summed E-state index contributed by atoms with van der Waals surface area (Å²) in [4.78, 5) is 28.9. The summed E-state index contributed by atoms with van der Waals surface area (Å²) < 4.78 is 0. The third-order valence-corrected chi connectivity index (χ3v) is 3.89. The van der Waals surface area contributed by atoms with Gasteiger partial charge in [-0.3, -0.25) is 9.59 Å². The molecule has 8 N–H and O–H groups in total. The van der Waals surface area contributed by atoms with Crippen LogP contribution in [-0.4, -0.2) is 23.7 Å². The molecule has 0 aromatic heterocycles. The number of benzene rings is 2. The van der Waals surface area contributed by atoms with E-state index in [-0.39, 0.29) is 17.3 Å². The molecule has 168 valence electrons. The van der Waals surface area contributed by atoms with E-state index in [1.807, 2.05) is 54.6 Å². The van der Waals surface area contributed by atoms with Gasteiger partial charge >= 0.3 is 0 Å². The molecule has 0 radical (unpaired) electrons. The molecule has 2 aromatic carbocycles. The maximum Gasteiger partial charge on any atom is 0.272 e. The first-order valence-corrected chi connectivity index (χ1v) is 9.76. The van der Waals surface area contributed by atoms with Crippen LogP contribution in [0.3, 0.4) is 0 Å². The summed E-state index contributed by atoms with van der Waals surface area (Å²) in [7, 11) is 0. The number of rotatable bonds is 4. The monoisotopic (exact) mass is 434 g/mol. The van der Waals surface area contributed by atoms with E-state index in [0.29, 0.717) is 0 Å². The average molecular weight is 435 g/mol. The van der Waals surface area contributed by atoms with Gasteiger partial charge < -0.3 is 22.9 Å². The first-order valence-electron chi connectivity index (χ1n) is 9.76. The topological polar surface area (TPSA) is 163 Å².